The number of ether oxygens (including phenoxy) is 1. The number of nitriles is 1. The number of amides is 1. The molecule has 1 aromatic carbocycles. The van der Waals surface area contributed by atoms with Gasteiger partial charge in [0.1, 0.15) is 11.3 Å². The molecule has 0 aliphatic rings. The van der Waals surface area contributed by atoms with Crippen molar-refractivity contribution in [2.45, 2.75) is 31.5 Å². The van der Waals surface area contributed by atoms with E-state index in [4.69, 9.17) is 16.3 Å². The Morgan fingerprint density at radius 1 is 1.54 bits per heavy atom. The van der Waals surface area contributed by atoms with Crippen LogP contribution < -0.4 is 10.1 Å². The summed E-state index contributed by atoms with van der Waals surface area (Å²) in [6.45, 7) is 5.48. The quantitative estimate of drug-likeness (QED) is 0.699. The second kappa shape index (κ2) is 8.43. The molecule has 0 saturated carbocycles. The van der Waals surface area contributed by atoms with Crippen LogP contribution in [0, 0.1) is 17.2 Å². The molecular formula is C17H20ClN5O2S. The average molecular weight is 394 g/mol. The molecule has 0 fully saturated rings. The lowest BCUT2D eigenvalue weighted by molar-refractivity contribution is -0.120. The zero-order valence-corrected chi connectivity index (χ0v) is 16.5. The van der Waals surface area contributed by atoms with E-state index in [1.807, 2.05) is 13.8 Å². The lowest BCUT2D eigenvalue weighted by atomic mass is 9.90. The standard InChI is InChI=1S/C17H20ClN5O2S/c1-10(2)17(3,9-19)21-14(24)8-26-16-20-15(22-23-16)12-7-11(18)5-6-13(12)25-4/h5-7,10H,8H2,1-4H3,(H,21,24)(H,20,22,23)/t17-/m0/s1. The molecule has 2 rings (SSSR count). The number of H-pyrrole nitrogens is 1. The van der Waals surface area contributed by atoms with E-state index in [0.717, 1.165) is 0 Å². The summed E-state index contributed by atoms with van der Waals surface area (Å²) in [6, 6.07) is 7.34. The molecule has 0 saturated heterocycles. The van der Waals surface area contributed by atoms with Crippen LogP contribution >= 0.6 is 23.4 Å². The second-order valence-electron chi connectivity index (χ2n) is 6.12. The first-order valence-electron chi connectivity index (χ1n) is 7.90. The number of nitrogens with one attached hydrogen (secondary N) is 2. The van der Waals surface area contributed by atoms with Gasteiger partial charge in [-0.25, -0.2) is 4.98 Å². The molecule has 0 bridgehead atoms. The summed E-state index contributed by atoms with van der Waals surface area (Å²) in [7, 11) is 1.56. The van der Waals surface area contributed by atoms with Crippen molar-refractivity contribution in [3.8, 4) is 23.2 Å². The Morgan fingerprint density at radius 3 is 2.88 bits per heavy atom. The Balaban J connectivity index is 2.05. The smallest absolute Gasteiger partial charge is 0.231 e. The van der Waals surface area contributed by atoms with Crippen molar-refractivity contribution >= 4 is 29.3 Å². The number of aromatic nitrogens is 3. The van der Waals surface area contributed by atoms with E-state index < -0.39 is 5.54 Å². The van der Waals surface area contributed by atoms with Gasteiger partial charge in [0.15, 0.2) is 5.82 Å². The van der Waals surface area contributed by atoms with Crippen molar-refractivity contribution < 1.29 is 9.53 Å². The normalized spacial score (nSPS) is 13.1. The maximum Gasteiger partial charge on any atom is 0.231 e. The summed E-state index contributed by atoms with van der Waals surface area (Å²) in [5, 5.41) is 19.9. The van der Waals surface area contributed by atoms with E-state index in [9.17, 15) is 10.1 Å². The lowest BCUT2D eigenvalue weighted by Crippen LogP contribution is -2.49. The topological polar surface area (TPSA) is 104 Å². The molecule has 0 unspecified atom stereocenters. The molecule has 2 aromatic rings. The fraction of sp³-hybridized carbons (Fsp3) is 0.412. The van der Waals surface area contributed by atoms with Crippen LogP contribution in [0.1, 0.15) is 20.8 Å². The van der Waals surface area contributed by atoms with Crippen LogP contribution in [0.4, 0.5) is 0 Å². The third-order valence-corrected chi connectivity index (χ3v) is 5.08. The van der Waals surface area contributed by atoms with Crippen molar-refractivity contribution in [1.82, 2.24) is 20.5 Å². The molecule has 1 heterocycles. The number of carbonyl (C=O) groups excluding carboxylic acids is 1. The molecule has 1 amide bonds. The van der Waals surface area contributed by atoms with Gasteiger partial charge in [-0.3, -0.25) is 9.89 Å². The van der Waals surface area contributed by atoms with Crippen LogP contribution in [0.3, 0.4) is 0 Å². The summed E-state index contributed by atoms with van der Waals surface area (Å²) in [4.78, 5) is 16.5. The van der Waals surface area contributed by atoms with Gasteiger partial charge in [0.25, 0.3) is 0 Å². The molecule has 0 aliphatic heterocycles. The highest BCUT2D eigenvalue weighted by molar-refractivity contribution is 7.99. The van der Waals surface area contributed by atoms with Crippen LogP contribution in [-0.4, -0.2) is 39.5 Å². The predicted molar refractivity (Wildman–Crippen MR) is 101 cm³/mol. The highest BCUT2D eigenvalue weighted by Gasteiger charge is 2.29. The van der Waals surface area contributed by atoms with Gasteiger partial charge in [0.2, 0.25) is 11.1 Å². The van der Waals surface area contributed by atoms with Gasteiger partial charge in [-0.1, -0.05) is 37.2 Å². The Hall–Kier alpha value is -2.24. The highest BCUT2D eigenvalue weighted by Crippen LogP contribution is 2.31. The predicted octanol–water partition coefficient (Wildman–Crippen LogP) is 3.28. The molecule has 26 heavy (non-hydrogen) atoms. The van der Waals surface area contributed by atoms with Crippen LogP contribution in [0.15, 0.2) is 23.4 Å². The minimum absolute atomic E-state index is 0.00754. The number of carbonyl (C=O) groups is 1. The van der Waals surface area contributed by atoms with E-state index >= 15 is 0 Å². The average Bonchev–Trinajstić information content (AvgIpc) is 3.08. The minimum Gasteiger partial charge on any atom is -0.496 e. The molecule has 1 atom stereocenters. The number of rotatable bonds is 7. The molecule has 9 heteroatoms. The van der Waals surface area contributed by atoms with E-state index in [-0.39, 0.29) is 17.6 Å². The molecule has 0 spiro atoms. The molecule has 0 radical (unpaired) electrons. The first-order valence-corrected chi connectivity index (χ1v) is 9.26. The zero-order valence-electron chi connectivity index (χ0n) is 15.0. The molecule has 7 nitrogen and oxygen atoms in total. The van der Waals surface area contributed by atoms with Gasteiger partial charge in [0.05, 0.1) is 24.5 Å². The molecule has 1 aromatic heterocycles. The number of aromatic amines is 1. The second-order valence-corrected chi connectivity index (χ2v) is 7.50. The first-order chi connectivity index (χ1) is 12.3. The Labute approximate surface area is 161 Å². The van der Waals surface area contributed by atoms with Gasteiger partial charge in [-0.15, -0.1) is 5.10 Å². The maximum atomic E-state index is 12.1. The Kier molecular flexibility index (Phi) is 6.51. The van der Waals surface area contributed by atoms with Gasteiger partial charge >= 0.3 is 0 Å². The number of nitrogens with zero attached hydrogens (tertiary/aromatic N) is 3. The number of halogens is 1. The van der Waals surface area contributed by atoms with Gasteiger partial charge in [0, 0.05) is 5.02 Å². The van der Waals surface area contributed by atoms with Crippen molar-refractivity contribution in [3.63, 3.8) is 0 Å². The summed E-state index contributed by atoms with van der Waals surface area (Å²) >= 11 is 7.21. The maximum absolute atomic E-state index is 12.1. The number of methoxy groups -OCH3 is 1. The Bertz CT molecular complexity index is 833. The molecule has 0 aliphatic carbocycles. The summed E-state index contributed by atoms with van der Waals surface area (Å²) in [5.74, 6) is 0.956. The first kappa shape index (κ1) is 20.1. The van der Waals surface area contributed by atoms with E-state index in [1.165, 1.54) is 11.8 Å². The molecular weight excluding hydrogens is 374 g/mol. The third-order valence-electron chi connectivity index (χ3n) is 4.00. The fourth-order valence-electron chi connectivity index (χ4n) is 2.05. The lowest BCUT2D eigenvalue weighted by Gasteiger charge is -2.27. The number of benzene rings is 1. The zero-order chi connectivity index (χ0) is 19.3. The number of hydrogen-bond acceptors (Lipinski definition) is 6. The number of hydrogen-bond donors (Lipinski definition) is 2. The van der Waals surface area contributed by atoms with Crippen molar-refractivity contribution in [2.75, 3.05) is 12.9 Å². The molecule has 138 valence electrons. The van der Waals surface area contributed by atoms with Crippen molar-refractivity contribution in [1.29, 1.82) is 5.26 Å². The summed E-state index contributed by atoms with van der Waals surface area (Å²) in [5.41, 5.74) is -0.226. The monoisotopic (exact) mass is 393 g/mol. The summed E-state index contributed by atoms with van der Waals surface area (Å²) < 4.78 is 5.30. The van der Waals surface area contributed by atoms with Gasteiger partial charge in [-0.2, -0.15) is 5.26 Å². The molecule has 2 N–H and O–H groups in total. The van der Waals surface area contributed by atoms with Gasteiger partial charge < -0.3 is 10.1 Å². The van der Waals surface area contributed by atoms with E-state index in [1.54, 1.807) is 32.2 Å². The van der Waals surface area contributed by atoms with Crippen LogP contribution in [-0.2, 0) is 4.79 Å². The highest BCUT2D eigenvalue weighted by atomic mass is 35.5. The number of thioether (sulfide) groups is 1. The van der Waals surface area contributed by atoms with Gasteiger partial charge in [-0.05, 0) is 31.0 Å². The van der Waals surface area contributed by atoms with Crippen LogP contribution in [0.5, 0.6) is 5.75 Å². The Morgan fingerprint density at radius 2 is 2.27 bits per heavy atom. The van der Waals surface area contributed by atoms with Crippen molar-refractivity contribution in [3.05, 3.63) is 23.2 Å². The fourth-order valence-corrected chi connectivity index (χ4v) is 2.82. The third kappa shape index (κ3) is 4.68. The minimum atomic E-state index is -0.907. The van der Waals surface area contributed by atoms with E-state index in [2.05, 4.69) is 26.6 Å². The SMILES string of the molecule is COc1ccc(Cl)cc1-c1nc(SCC(=O)N[C@@](C)(C#N)C(C)C)n[nH]1. The van der Waals surface area contributed by atoms with Crippen LogP contribution in [0.2, 0.25) is 5.02 Å². The summed E-state index contributed by atoms with van der Waals surface area (Å²) in [6.07, 6.45) is 0. The van der Waals surface area contributed by atoms with Crippen molar-refractivity contribution in [2.24, 2.45) is 5.92 Å². The largest absolute Gasteiger partial charge is 0.496 e. The van der Waals surface area contributed by atoms with E-state index in [0.29, 0.717) is 27.3 Å². The van der Waals surface area contributed by atoms with Crippen LogP contribution in [0.25, 0.3) is 11.4 Å².